The summed E-state index contributed by atoms with van der Waals surface area (Å²) in [5.41, 5.74) is 0. The van der Waals surface area contributed by atoms with Gasteiger partial charge in [-0.2, -0.15) is 0 Å². The van der Waals surface area contributed by atoms with Crippen LogP contribution in [0.3, 0.4) is 0 Å². The number of pyridine rings is 1. The summed E-state index contributed by atoms with van der Waals surface area (Å²) >= 11 is 0. The topological polar surface area (TPSA) is 51.6 Å². The molecular formula is C12H19NO3. The van der Waals surface area contributed by atoms with E-state index in [0.717, 1.165) is 12.8 Å². The molecule has 1 heterocycles. The van der Waals surface area contributed by atoms with Crippen LogP contribution < -0.4 is 4.74 Å². The van der Waals surface area contributed by atoms with Gasteiger partial charge in [0.2, 0.25) is 5.88 Å². The van der Waals surface area contributed by atoms with Crippen LogP contribution in [0, 0.1) is 0 Å². The fourth-order valence-corrected chi connectivity index (χ4v) is 1.13. The highest BCUT2D eigenvalue weighted by Crippen LogP contribution is 2.03. The quantitative estimate of drug-likeness (QED) is 0.683. The van der Waals surface area contributed by atoms with E-state index in [1.54, 1.807) is 12.3 Å². The van der Waals surface area contributed by atoms with Crippen LogP contribution in [0.15, 0.2) is 24.4 Å². The first-order chi connectivity index (χ1) is 7.83. The van der Waals surface area contributed by atoms with E-state index in [1.165, 1.54) is 0 Å². The zero-order valence-electron chi connectivity index (χ0n) is 9.63. The highest BCUT2D eigenvalue weighted by atomic mass is 16.5. The van der Waals surface area contributed by atoms with E-state index in [9.17, 15) is 5.11 Å². The average molecular weight is 225 g/mol. The molecule has 1 aromatic heterocycles. The molecule has 0 aromatic carbocycles. The van der Waals surface area contributed by atoms with Crippen molar-refractivity contribution in [1.82, 2.24) is 4.98 Å². The van der Waals surface area contributed by atoms with Crippen LogP contribution in [0.25, 0.3) is 0 Å². The van der Waals surface area contributed by atoms with E-state index in [-0.39, 0.29) is 6.61 Å². The third-order valence-corrected chi connectivity index (χ3v) is 2.01. The van der Waals surface area contributed by atoms with Crippen LogP contribution in [0.1, 0.15) is 19.8 Å². The van der Waals surface area contributed by atoms with Crippen LogP contribution in [-0.2, 0) is 4.74 Å². The standard InChI is InChI=1S/C12H19NO3/c1-2-3-8-15-9-11(14)10-16-12-6-4-5-7-13-12/h4-7,11,14H,2-3,8-10H2,1H3. The molecule has 1 unspecified atom stereocenters. The van der Waals surface area contributed by atoms with E-state index >= 15 is 0 Å². The molecule has 1 aromatic rings. The maximum absolute atomic E-state index is 9.53. The molecule has 0 spiro atoms. The Kier molecular flexibility index (Phi) is 6.53. The van der Waals surface area contributed by atoms with Gasteiger partial charge in [0.15, 0.2) is 0 Å². The summed E-state index contributed by atoms with van der Waals surface area (Å²) in [6.45, 7) is 3.32. The second-order valence-electron chi connectivity index (χ2n) is 3.56. The summed E-state index contributed by atoms with van der Waals surface area (Å²) in [6, 6.07) is 5.41. The van der Waals surface area contributed by atoms with Crippen molar-refractivity contribution < 1.29 is 14.6 Å². The number of unbranched alkanes of at least 4 members (excludes halogenated alkanes) is 1. The Labute approximate surface area is 96.2 Å². The Morgan fingerprint density at radius 1 is 1.38 bits per heavy atom. The molecule has 4 nitrogen and oxygen atoms in total. The van der Waals surface area contributed by atoms with Crippen molar-refractivity contribution in [2.24, 2.45) is 0 Å². The molecule has 90 valence electrons. The molecule has 0 bridgehead atoms. The van der Waals surface area contributed by atoms with Gasteiger partial charge in [0, 0.05) is 18.9 Å². The number of hydrogen-bond donors (Lipinski definition) is 1. The van der Waals surface area contributed by atoms with Gasteiger partial charge >= 0.3 is 0 Å². The molecule has 0 saturated carbocycles. The van der Waals surface area contributed by atoms with Crippen LogP contribution in [0.4, 0.5) is 0 Å². The predicted molar refractivity (Wildman–Crippen MR) is 61.5 cm³/mol. The Hall–Kier alpha value is -1.13. The van der Waals surface area contributed by atoms with E-state index in [0.29, 0.717) is 19.1 Å². The van der Waals surface area contributed by atoms with Gasteiger partial charge < -0.3 is 14.6 Å². The SMILES string of the molecule is CCCCOCC(O)COc1ccccn1. The zero-order chi connectivity index (χ0) is 11.6. The first-order valence-corrected chi connectivity index (χ1v) is 5.62. The minimum atomic E-state index is -0.598. The maximum Gasteiger partial charge on any atom is 0.213 e. The molecule has 1 rings (SSSR count). The lowest BCUT2D eigenvalue weighted by molar-refractivity contribution is 0.0104. The number of rotatable bonds is 8. The summed E-state index contributed by atoms with van der Waals surface area (Å²) < 4.78 is 10.6. The Balaban J connectivity index is 2.08. The lowest BCUT2D eigenvalue weighted by Gasteiger charge is -2.11. The zero-order valence-corrected chi connectivity index (χ0v) is 9.63. The number of nitrogens with zero attached hydrogens (tertiary/aromatic N) is 1. The van der Waals surface area contributed by atoms with Crippen molar-refractivity contribution in [2.45, 2.75) is 25.9 Å². The van der Waals surface area contributed by atoms with Gasteiger partial charge in [-0.25, -0.2) is 4.98 Å². The molecule has 0 aliphatic heterocycles. The molecule has 16 heavy (non-hydrogen) atoms. The molecule has 4 heteroatoms. The second-order valence-corrected chi connectivity index (χ2v) is 3.56. The van der Waals surface area contributed by atoms with Gasteiger partial charge in [-0.05, 0) is 12.5 Å². The van der Waals surface area contributed by atoms with Gasteiger partial charge in [-0.15, -0.1) is 0 Å². The predicted octanol–water partition coefficient (Wildman–Crippen LogP) is 1.64. The highest BCUT2D eigenvalue weighted by molar-refractivity contribution is 5.09. The number of ether oxygens (including phenoxy) is 2. The number of hydrogen-bond acceptors (Lipinski definition) is 4. The second kappa shape index (κ2) is 8.07. The number of aromatic nitrogens is 1. The van der Waals surface area contributed by atoms with E-state index in [1.807, 2.05) is 12.1 Å². The minimum Gasteiger partial charge on any atom is -0.475 e. The first-order valence-electron chi connectivity index (χ1n) is 5.62. The highest BCUT2D eigenvalue weighted by Gasteiger charge is 2.05. The third-order valence-electron chi connectivity index (χ3n) is 2.01. The van der Waals surface area contributed by atoms with Crippen LogP contribution in [0.5, 0.6) is 5.88 Å². The summed E-state index contributed by atoms with van der Waals surface area (Å²) in [7, 11) is 0. The summed E-state index contributed by atoms with van der Waals surface area (Å²) in [6.07, 6.45) is 3.17. The van der Waals surface area contributed by atoms with Crippen molar-refractivity contribution in [3.05, 3.63) is 24.4 Å². The molecular weight excluding hydrogens is 206 g/mol. The summed E-state index contributed by atoms with van der Waals surface area (Å²) in [5, 5.41) is 9.53. The van der Waals surface area contributed by atoms with Crippen LogP contribution in [0.2, 0.25) is 0 Å². The fourth-order valence-electron chi connectivity index (χ4n) is 1.13. The monoisotopic (exact) mass is 225 g/mol. The van der Waals surface area contributed by atoms with Crippen LogP contribution in [-0.4, -0.2) is 36.0 Å². The van der Waals surface area contributed by atoms with Crippen molar-refractivity contribution in [3.63, 3.8) is 0 Å². The normalized spacial score (nSPS) is 12.4. The molecule has 0 saturated heterocycles. The van der Waals surface area contributed by atoms with Gasteiger partial charge in [0.25, 0.3) is 0 Å². The maximum atomic E-state index is 9.53. The molecule has 0 aliphatic carbocycles. The summed E-state index contributed by atoms with van der Waals surface area (Å²) in [5.74, 6) is 0.523. The Morgan fingerprint density at radius 2 is 2.25 bits per heavy atom. The van der Waals surface area contributed by atoms with Crippen LogP contribution >= 0.6 is 0 Å². The van der Waals surface area contributed by atoms with Crippen molar-refractivity contribution in [3.8, 4) is 5.88 Å². The van der Waals surface area contributed by atoms with Gasteiger partial charge in [-0.1, -0.05) is 19.4 Å². The van der Waals surface area contributed by atoms with Gasteiger partial charge in [0.1, 0.15) is 12.7 Å². The van der Waals surface area contributed by atoms with E-state index < -0.39 is 6.10 Å². The minimum absolute atomic E-state index is 0.211. The van der Waals surface area contributed by atoms with Crippen molar-refractivity contribution >= 4 is 0 Å². The molecule has 0 aliphatic rings. The molecule has 0 fully saturated rings. The third kappa shape index (κ3) is 5.68. The van der Waals surface area contributed by atoms with Crippen molar-refractivity contribution in [1.29, 1.82) is 0 Å². The fraction of sp³-hybridized carbons (Fsp3) is 0.583. The molecule has 0 radical (unpaired) electrons. The largest absolute Gasteiger partial charge is 0.475 e. The van der Waals surface area contributed by atoms with Crippen molar-refractivity contribution in [2.75, 3.05) is 19.8 Å². The summed E-state index contributed by atoms with van der Waals surface area (Å²) in [4.78, 5) is 3.99. The van der Waals surface area contributed by atoms with E-state index in [4.69, 9.17) is 9.47 Å². The number of aliphatic hydroxyl groups is 1. The molecule has 0 amide bonds. The molecule has 1 atom stereocenters. The smallest absolute Gasteiger partial charge is 0.213 e. The Bertz CT molecular complexity index is 266. The first kappa shape index (κ1) is 12.9. The van der Waals surface area contributed by atoms with E-state index in [2.05, 4.69) is 11.9 Å². The average Bonchev–Trinajstić information content (AvgIpc) is 2.33. The Morgan fingerprint density at radius 3 is 2.94 bits per heavy atom. The van der Waals surface area contributed by atoms with Gasteiger partial charge in [0.05, 0.1) is 6.61 Å². The lowest BCUT2D eigenvalue weighted by atomic mass is 10.3. The molecule has 1 N–H and O–H groups in total. The van der Waals surface area contributed by atoms with Gasteiger partial charge in [-0.3, -0.25) is 0 Å². The lowest BCUT2D eigenvalue weighted by Crippen LogP contribution is -2.23. The number of aliphatic hydroxyl groups excluding tert-OH is 1.